The second-order valence-corrected chi connectivity index (χ2v) is 6.73. The number of aromatic nitrogens is 2. The molecule has 1 aromatic heterocycles. The molecule has 0 aliphatic heterocycles. The maximum atomic E-state index is 12.9. The third-order valence-corrected chi connectivity index (χ3v) is 4.31. The van der Waals surface area contributed by atoms with E-state index in [1.165, 1.54) is 17.7 Å². The van der Waals surface area contributed by atoms with Gasteiger partial charge in [-0.05, 0) is 55.2 Å². The lowest BCUT2D eigenvalue weighted by atomic mass is 10.1. The highest BCUT2D eigenvalue weighted by Gasteiger charge is 2.03. The summed E-state index contributed by atoms with van der Waals surface area (Å²) < 4.78 is 12.9. The number of rotatable bonds is 8. The Balaban J connectivity index is 1.51. The van der Waals surface area contributed by atoms with Crippen LogP contribution in [0.5, 0.6) is 0 Å². The predicted octanol–water partition coefficient (Wildman–Crippen LogP) is 4.89. The fourth-order valence-corrected chi connectivity index (χ4v) is 2.98. The smallest absolute Gasteiger partial charge is 0.131 e. The molecule has 4 nitrogen and oxygen atoms in total. The Labute approximate surface area is 163 Å². The van der Waals surface area contributed by atoms with Crippen LogP contribution in [-0.4, -0.2) is 23.1 Å². The standard InChI is InChI=1S/C21H22ClFN4/c1-15-26-20(24-11-9-16-5-7-19(23)8-6-16)14-21(27-15)25-12-10-17-3-2-4-18(22)13-17/h2-8,13-14H,9-12H2,1H3,(H2,24,25,26,27). The van der Waals surface area contributed by atoms with Crippen LogP contribution >= 0.6 is 11.6 Å². The summed E-state index contributed by atoms with van der Waals surface area (Å²) in [5, 5.41) is 7.38. The van der Waals surface area contributed by atoms with E-state index in [1.54, 1.807) is 12.1 Å². The molecule has 0 amide bonds. The average molecular weight is 385 g/mol. The molecule has 0 saturated heterocycles. The molecule has 2 N–H and O–H groups in total. The average Bonchev–Trinajstić information content (AvgIpc) is 2.63. The summed E-state index contributed by atoms with van der Waals surface area (Å²) in [6, 6.07) is 16.3. The van der Waals surface area contributed by atoms with Gasteiger partial charge in [0.05, 0.1) is 0 Å². The van der Waals surface area contributed by atoms with Gasteiger partial charge in [-0.1, -0.05) is 35.9 Å². The molecule has 0 unspecified atom stereocenters. The van der Waals surface area contributed by atoms with Crippen LogP contribution in [0.25, 0.3) is 0 Å². The Hall–Kier alpha value is -2.66. The van der Waals surface area contributed by atoms with Crippen LogP contribution in [0.4, 0.5) is 16.0 Å². The van der Waals surface area contributed by atoms with Gasteiger partial charge in [0, 0.05) is 24.2 Å². The summed E-state index contributed by atoms with van der Waals surface area (Å²) in [5.41, 5.74) is 2.26. The van der Waals surface area contributed by atoms with Gasteiger partial charge in [0.2, 0.25) is 0 Å². The van der Waals surface area contributed by atoms with E-state index >= 15 is 0 Å². The Bertz CT molecular complexity index is 884. The Morgan fingerprint density at radius 2 is 1.48 bits per heavy atom. The van der Waals surface area contributed by atoms with E-state index in [4.69, 9.17) is 11.6 Å². The lowest BCUT2D eigenvalue weighted by molar-refractivity contribution is 0.627. The molecule has 0 fully saturated rings. The highest BCUT2D eigenvalue weighted by molar-refractivity contribution is 6.30. The molecule has 0 saturated carbocycles. The van der Waals surface area contributed by atoms with Gasteiger partial charge in [-0.15, -0.1) is 0 Å². The monoisotopic (exact) mass is 384 g/mol. The van der Waals surface area contributed by atoms with E-state index in [0.717, 1.165) is 41.6 Å². The highest BCUT2D eigenvalue weighted by atomic mass is 35.5. The first-order valence-corrected chi connectivity index (χ1v) is 9.28. The molecule has 0 atom stereocenters. The van der Waals surface area contributed by atoms with Crippen LogP contribution in [0.3, 0.4) is 0 Å². The third-order valence-electron chi connectivity index (χ3n) is 4.08. The van der Waals surface area contributed by atoms with Crippen molar-refractivity contribution in [2.45, 2.75) is 19.8 Å². The van der Waals surface area contributed by atoms with Crippen molar-refractivity contribution in [1.82, 2.24) is 9.97 Å². The summed E-state index contributed by atoms with van der Waals surface area (Å²) in [6.07, 6.45) is 1.65. The number of nitrogens with zero attached hydrogens (tertiary/aromatic N) is 2. The molecular formula is C21H22ClFN4. The van der Waals surface area contributed by atoms with Crippen molar-refractivity contribution in [2.24, 2.45) is 0 Å². The number of halogens is 2. The zero-order chi connectivity index (χ0) is 19.1. The number of hydrogen-bond donors (Lipinski definition) is 2. The van der Waals surface area contributed by atoms with Gasteiger partial charge in [-0.3, -0.25) is 0 Å². The van der Waals surface area contributed by atoms with Crippen molar-refractivity contribution in [3.05, 3.63) is 82.4 Å². The maximum absolute atomic E-state index is 12.9. The molecule has 140 valence electrons. The Morgan fingerprint density at radius 1 is 0.852 bits per heavy atom. The highest BCUT2D eigenvalue weighted by Crippen LogP contribution is 2.14. The number of hydrogen-bond acceptors (Lipinski definition) is 4. The number of benzene rings is 2. The summed E-state index contributed by atoms with van der Waals surface area (Å²) in [7, 11) is 0. The first-order chi connectivity index (χ1) is 13.1. The largest absolute Gasteiger partial charge is 0.370 e. The summed E-state index contributed by atoms with van der Waals surface area (Å²) in [4.78, 5) is 8.85. The molecule has 0 aliphatic rings. The van der Waals surface area contributed by atoms with E-state index in [9.17, 15) is 4.39 Å². The van der Waals surface area contributed by atoms with Crippen LogP contribution < -0.4 is 10.6 Å². The van der Waals surface area contributed by atoms with Gasteiger partial charge in [0.25, 0.3) is 0 Å². The molecular weight excluding hydrogens is 363 g/mol. The van der Waals surface area contributed by atoms with Crippen molar-refractivity contribution in [1.29, 1.82) is 0 Å². The van der Waals surface area contributed by atoms with Gasteiger partial charge >= 0.3 is 0 Å². The van der Waals surface area contributed by atoms with E-state index in [1.807, 2.05) is 31.2 Å². The number of nitrogens with one attached hydrogen (secondary N) is 2. The topological polar surface area (TPSA) is 49.8 Å². The first kappa shape index (κ1) is 19.1. The fourth-order valence-electron chi connectivity index (χ4n) is 2.76. The van der Waals surface area contributed by atoms with Crippen LogP contribution in [-0.2, 0) is 12.8 Å². The van der Waals surface area contributed by atoms with Gasteiger partial charge in [-0.2, -0.15) is 0 Å². The molecule has 3 aromatic rings. The molecule has 0 radical (unpaired) electrons. The molecule has 0 bridgehead atoms. The van der Waals surface area contributed by atoms with Crippen molar-refractivity contribution in [3.8, 4) is 0 Å². The van der Waals surface area contributed by atoms with Crippen LogP contribution in [0.2, 0.25) is 5.02 Å². The van der Waals surface area contributed by atoms with Crippen molar-refractivity contribution in [2.75, 3.05) is 23.7 Å². The lowest BCUT2D eigenvalue weighted by Gasteiger charge is -2.10. The molecule has 27 heavy (non-hydrogen) atoms. The van der Waals surface area contributed by atoms with Gasteiger partial charge in [0.1, 0.15) is 23.3 Å². The number of aryl methyl sites for hydroxylation is 1. The van der Waals surface area contributed by atoms with Gasteiger partial charge in [0.15, 0.2) is 0 Å². The van der Waals surface area contributed by atoms with E-state index < -0.39 is 0 Å². The maximum Gasteiger partial charge on any atom is 0.131 e. The third kappa shape index (κ3) is 6.22. The fraction of sp³-hybridized carbons (Fsp3) is 0.238. The second kappa shape index (κ2) is 9.33. The zero-order valence-corrected chi connectivity index (χ0v) is 15.9. The van der Waals surface area contributed by atoms with Crippen molar-refractivity contribution < 1.29 is 4.39 Å². The molecule has 1 heterocycles. The van der Waals surface area contributed by atoms with E-state index in [2.05, 4.69) is 26.7 Å². The minimum atomic E-state index is -0.216. The van der Waals surface area contributed by atoms with E-state index in [0.29, 0.717) is 12.4 Å². The summed E-state index contributed by atoms with van der Waals surface area (Å²) in [5.74, 6) is 2.04. The van der Waals surface area contributed by atoms with Crippen molar-refractivity contribution >= 4 is 23.2 Å². The second-order valence-electron chi connectivity index (χ2n) is 6.30. The minimum absolute atomic E-state index is 0.216. The SMILES string of the molecule is Cc1nc(NCCc2ccc(F)cc2)cc(NCCc2cccc(Cl)c2)n1. The van der Waals surface area contributed by atoms with Crippen LogP contribution in [0.1, 0.15) is 17.0 Å². The quantitative estimate of drug-likeness (QED) is 0.580. The van der Waals surface area contributed by atoms with Crippen molar-refractivity contribution in [3.63, 3.8) is 0 Å². The first-order valence-electron chi connectivity index (χ1n) is 8.91. The van der Waals surface area contributed by atoms with E-state index in [-0.39, 0.29) is 5.82 Å². The van der Waals surface area contributed by atoms with Gasteiger partial charge < -0.3 is 10.6 Å². The summed E-state index contributed by atoms with van der Waals surface area (Å²) >= 11 is 6.01. The molecule has 0 aliphatic carbocycles. The minimum Gasteiger partial charge on any atom is -0.370 e. The Morgan fingerprint density at radius 3 is 2.11 bits per heavy atom. The molecule has 0 spiro atoms. The van der Waals surface area contributed by atoms with Crippen LogP contribution in [0.15, 0.2) is 54.6 Å². The number of anilines is 2. The summed E-state index contributed by atoms with van der Waals surface area (Å²) in [6.45, 7) is 3.34. The normalized spacial score (nSPS) is 10.6. The molecule has 6 heteroatoms. The van der Waals surface area contributed by atoms with Crippen LogP contribution in [0, 0.1) is 12.7 Å². The Kier molecular flexibility index (Phi) is 6.60. The lowest BCUT2D eigenvalue weighted by Crippen LogP contribution is -2.11. The molecule has 2 aromatic carbocycles. The molecule has 3 rings (SSSR count). The predicted molar refractivity (Wildman–Crippen MR) is 109 cm³/mol. The zero-order valence-electron chi connectivity index (χ0n) is 15.2. The van der Waals surface area contributed by atoms with Gasteiger partial charge in [-0.25, -0.2) is 14.4 Å².